The van der Waals surface area contributed by atoms with E-state index >= 15 is 0 Å². The summed E-state index contributed by atoms with van der Waals surface area (Å²) >= 11 is 0. The van der Waals surface area contributed by atoms with E-state index in [0.717, 1.165) is 12.8 Å². The van der Waals surface area contributed by atoms with Crippen molar-refractivity contribution in [3.05, 3.63) is 0 Å². The molecular formula is C9H15NO3. The minimum atomic E-state index is -1.00. The summed E-state index contributed by atoms with van der Waals surface area (Å²) in [5, 5.41) is 11.4. The van der Waals surface area contributed by atoms with Crippen molar-refractivity contribution in [2.45, 2.75) is 26.2 Å². The van der Waals surface area contributed by atoms with Crippen LogP contribution in [0.25, 0.3) is 0 Å². The Bertz CT molecular complexity index is 215. The number of hydrogen-bond donors (Lipinski definition) is 2. The van der Waals surface area contributed by atoms with Crippen molar-refractivity contribution in [1.82, 2.24) is 5.32 Å². The van der Waals surface area contributed by atoms with Crippen LogP contribution >= 0.6 is 0 Å². The van der Waals surface area contributed by atoms with Gasteiger partial charge in [0, 0.05) is 6.54 Å². The molecule has 2 atom stereocenters. The normalized spacial score (nSPS) is 28.2. The van der Waals surface area contributed by atoms with Crippen molar-refractivity contribution in [2.75, 3.05) is 6.54 Å². The fourth-order valence-corrected chi connectivity index (χ4v) is 1.73. The summed E-state index contributed by atoms with van der Waals surface area (Å²) in [6.07, 6.45) is 2.52. The maximum atomic E-state index is 11.1. The number of carbonyl (C=O) groups excluding carboxylic acids is 1. The third-order valence-electron chi connectivity index (χ3n) is 2.45. The molecule has 0 saturated carbocycles. The number of amides is 1. The molecule has 0 bridgehead atoms. The lowest BCUT2D eigenvalue weighted by Crippen LogP contribution is -2.44. The molecule has 0 aromatic heterocycles. The van der Waals surface area contributed by atoms with E-state index in [9.17, 15) is 9.59 Å². The Hall–Kier alpha value is -1.06. The quantitative estimate of drug-likeness (QED) is 0.633. The van der Waals surface area contributed by atoms with Crippen LogP contribution in [-0.4, -0.2) is 23.5 Å². The van der Waals surface area contributed by atoms with Crippen LogP contribution in [0.4, 0.5) is 0 Å². The van der Waals surface area contributed by atoms with Crippen LogP contribution in [0.5, 0.6) is 0 Å². The van der Waals surface area contributed by atoms with E-state index in [0.29, 0.717) is 18.9 Å². The SMILES string of the molecule is CCC[C@H]1CNC(=O)[C@@H](C(=O)O)C1. The van der Waals surface area contributed by atoms with E-state index in [1.165, 1.54) is 0 Å². The van der Waals surface area contributed by atoms with Gasteiger partial charge in [-0.3, -0.25) is 9.59 Å². The minimum absolute atomic E-state index is 0.333. The molecule has 1 rings (SSSR count). The van der Waals surface area contributed by atoms with Gasteiger partial charge in [0.25, 0.3) is 0 Å². The van der Waals surface area contributed by atoms with Gasteiger partial charge in [-0.15, -0.1) is 0 Å². The highest BCUT2D eigenvalue weighted by atomic mass is 16.4. The number of carbonyl (C=O) groups is 2. The fourth-order valence-electron chi connectivity index (χ4n) is 1.73. The van der Waals surface area contributed by atoms with Crippen LogP contribution in [0, 0.1) is 11.8 Å². The van der Waals surface area contributed by atoms with Gasteiger partial charge in [0.15, 0.2) is 0 Å². The smallest absolute Gasteiger partial charge is 0.316 e. The first-order chi connectivity index (χ1) is 6.15. The Labute approximate surface area is 77.3 Å². The maximum Gasteiger partial charge on any atom is 0.316 e. The predicted octanol–water partition coefficient (Wildman–Crippen LogP) is 0.623. The minimum Gasteiger partial charge on any atom is -0.481 e. The van der Waals surface area contributed by atoms with Crippen LogP contribution in [0.15, 0.2) is 0 Å². The van der Waals surface area contributed by atoms with Gasteiger partial charge in [-0.25, -0.2) is 0 Å². The first kappa shape index (κ1) is 10.0. The molecule has 74 valence electrons. The average molecular weight is 185 g/mol. The third kappa shape index (κ3) is 2.44. The Kier molecular flexibility index (Phi) is 3.28. The first-order valence-electron chi connectivity index (χ1n) is 4.65. The van der Waals surface area contributed by atoms with E-state index in [2.05, 4.69) is 12.2 Å². The van der Waals surface area contributed by atoms with E-state index in [1.807, 2.05) is 0 Å². The topological polar surface area (TPSA) is 66.4 Å². The summed E-state index contributed by atoms with van der Waals surface area (Å²) in [4.78, 5) is 21.7. The molecule has 0 radical (unpaired) electrons. The van der Waals surface area contributed by atoms with Gasteiger partial charge in [0.1, 0.15) is 5.92 Å². The molecule has 0 aliphatic carbocycles. The van der Waals surface area contributed by atoms with Gasteiger partial charge in [0.2, 0.25) is 5.91 Å². The number of nitrogens with one attached hydrogen (secondary N) is 1. The molecule has 0 unspecified atom stereocenters. The third-order valence-corrected chi connectivity index (χ3v) is 2.45. The Morgan fingerprint density at radius 3 is 2.92 bits per heavy atom. The Balaban J connectivity index is 2.52. The Morgan fingerprint density at radius 1 is 1.69 bits per heavy atom. The van der Waals surface area contributed by atoms with Crippen molar-refractivity contribution in [2.24, 2.45) is 11.8 Å². The molecule has 0 spiro atoms. The number of hydrogen-bond acceptors (Lipinski definition) is 2. The molecule has 1 amide bonds. The monoisotopic (exact) mass is 185 g/mol. The lowest BCUT2D eigenvalue weighted by Gasteiger charge is -2.26. The summed E-state index contributed by atoms with van der Waals surface area (Å²) < 4.78 is 0. The molecule has 1 fully saturated rings. The zero-order valence-corrected chi connectivity index (χ0v) is 7.75. The summed E-state index contributed by atoms with van der Waals surface area (Å²) in [5.41, 5.74) is 0. The second kappa shape index (κ2) is 4.25. The number of carboxylic acid groups (broad SMARTS) is 1. The maximum absolute atomic E-state index is 11.1. The molecule has 1 aliphatic heterocycles. The molecule has 1 saturated heterocycles. The first-order valence-corrected chi connectivity index (χ1v) is 4.65. The fraction of sp³-hybridized carbons (Fsp3) is 0.778. The largest absolute Gasteiger partial charge is 0.481 e. The average Bonchev–Trinajstić information content (AvgIpc) is 2.08. The number of rotatable bonds is 3. The van der Waals surface area contributed by atoms with Gasteiger partial charge in [-0.1, -0.05) is 13.3 Å². The van der Waals surface area contributed by atoms with Crippen molar-refractivity contribution >= 4 is 11.9 Å². The van der Waals surface area contributed by atoms with Crippen molar-refractivity contribution in [3.8, 4) is 0 Å². The van der Waals surface area contributed by atoms with Crippen molar-refractivity contribution in [3.63, 3.8) is 0 Å². The zero-order chi connectivity index (χ0) is 9.84. The molecule has 13 heavy (non-hydrogen) atoms. The molecule has 0 aromatic rings. The van der Waals surface area contributed by atoms with Crippen molar-refractivity contribution < 1.29 is 14.7 Å². The van der Waals surface area contributed by atoms with Crippen LogP contribution in [0.2, 0.25) is 0 Å². The molecule has 1 aliphatic rings. The summed E-state index contributed by atoms with van der Waals surface area (Å²) in [6, 6.07) is 0. The molecule has 4 heteroatoms. The Morgan fingerprint density at radius 2 is 2.38 bits per heavy atom. The standard InChI is InChI=1S/C9H15NO3/c1-2-3-6-4-7(9(12)13)8(11)10-5-6/h6-7H,2-5H2,1H3,(H,10,11)(H,12,13)/t6-,7+/m1/s1. The van der Waals surface area contributed by atoms with E-state index in [4.69, 9.17) is 5.11 Å². The van der Waals surface area contributed by atoms with Gasteiger partial charge in [-0.2, -0.15) is 0 Å². The lowest BCUT2D eigenvalue weighted by atomic mass is 9.87. The van der Waals surface area contributed by atoms with Crippen LogP contribution in [-0.2, 0) is 9.59 Å². The van der Waals surface area contributed by atoms with E-state index < -0.39 is 11.9 Å². The highest BCUT2D eigenvalue weighted by molar-refractivity contribution is 5.97. The number of piperidine rings is 1. The molecule has 0 aromatic carbocycles. The van der Waals surface area contributed by atoms with Crippen LogP contribution in [0.1, 0.15) is 26.2 Å². The predicted molar refractivity (Wildman–Crippen MR) is 47.2 cm³/mol. The van der Waals surface area contributed by atoms with Gasteiger partial charge >= 0.3 is 5.97 Å². The van der Waals surface area contributed by atoms with Gasteiger partial charge in [-0.05, 0) is 18.8 Å². The van der Waals surface area contributed by atoms with Crippen molar-refractivity contribution in [1.29, 1.82) is 0 Å². The number of aliphatic carboxylic acids is 1. The highest BCUT2D eigenvalue weighted by Crippen LogP contribution is 2.21. The van der Waals surface area contributed by atoms with Crippen LogP contribution in [0.3, 0.4) is 0 Å². The molecule has 2 N–H and O–H groups in total. The van der Waals surface area contributed by atoms with Gasteiger partial charge in [0.05, 0.1) is 0 Å². The molecule has 4 nitrogen and oxygen atoms in total. The lowest BCUT2D eigenvalue weighted by molar-refractivity contribution is -0.149. The zero-order valence-electron chi connectivity index (χ0n) is 7.75. The molecular weight excluding hydrogens is 170 g/mol. The van der Waals surface area contributed by atoms with Crippen LogP contribution < -0.4 is 5.32 Å². The van der Waals surface area contributed by atoms with E-state index in [1.54, 1.807) is 0 Å². The molecule has 1 heterocycles. The highest BCUT2D eigenvalue weighted by Gasteiger charge is 2.33. The summed E-state index contributed by atoms with van der Waals surface area (Å²) in [7, 11) is 0. The summed E-state index contributed by atoms with van der Waals surface area (Å²) in [5.74, 6) is -1.83. The summed E-state index contributed by atoms with van der Waals surface area (Å²) in [6.45, 7) is 2.70. The van der Waals surface area contributed by atoms with Gasteiger partial charge < -0.3 is 10.4 Å². The second-order valence-corrected chi connectivity index (χ2v) is 3.53. The van der Waals surface area contributed by atoms with E-state index in [-0.39, 0.29) is 5.91 Å². The second-order valence-electron chi connectivity index (χ2n) is 3.53. The number of carboxylic acids is 1.